The maximum Gasteiger partial charge on any atom is 0.264 e. The highest BCUT2D eigenvalue weighted by molar-refractivity contribution is 5.64. The monoisotopic (exact) mass is 220 g/mol. The summed E-state index contributed by atoms with van der Waals surface area (Å²) >= 11 is 0. The van der Waals surface area contributed by atoms with E-state index in [1.54, 1.807) is 12.1 Å². The molecule has 0 fully saturated rings. The molecule has 1 N–H and O–H groups in total. The van der Waals surface area contributed by atoms with Crippen molar-refractivity contribution in [3.63, 3.8) is 0 Å². The highest BCUT2D eigenvalue weighted by Crippen LogP contribution is 2.27. The molecule has 0 saturated carbocycles. The third kappa shape index (κ3) is 1.79. The number of hydrogen-bond donors (Lipinski definition) is 1. The van der Waals surface area contributed by atoms with Crippen LogP contribution < -0.4 is 10.3 Å². The fourth-order valence-corrected chi connectivity index (χ4v) is 1.41. The SMILES string of the molecule is COc1cccc(-c2cn[nH]c(=O)c2)c1F. The summed E-state index contributed by atoms with van der Waals surface area (Å²) in [5.41, 5.74) is 0.331. The van der Waals surface area contributed by atoms with Crippen molar-refractivity contribution in [2.24, 2.45) is 0 Å². The third-order valence-electron chi connectivity index (χ3n) is 2.16. The Bertz CT molecular complexity index is 566. The molecule has 0 aliphatic heterocycles. The number of nitrogens with zero attached hydrogens (tertiary/aromatic N) is 1. The summed E-state index contributed by atoms with van der Waals surface area (Å²) in [6, 6.07) is 6.01. The fraction of sp³-hybridized carbons (Fsp3) is 0.0909. The van der Waals surface area contributed by atoms with Crippen molar-refractivity contribution < 1.29 is 9.13 Å². The molecule has 4 nitrogen and oxygen atoms in total. The normalized spacial score (nSPS) is 10.1. The topological polar surface area (TPSA) is 55.0 Å². The maximum atomic E-state index is 13.8. The largest absolute Gasteiger partial charge is 0.494 e. The first kappa shape index (κ1) is 10.4. The van der Waals surface area contributed by atoms with Crippen LogP contribution in [0.3, 0.4) is 0 Å². The van der Waals surface area contributed by atoms with E-state index >= 15 is 0 Å². The van der Waals surface area contributed by atoms with E-state index in [-0.39, 0.29) is 16.9 Å². The average Bonchev–Trinajstić information content (AvgIpc) is 2.29. The van der Waals surface area contributed by atoms with Gasteiger partial charge in [0.25, 0.3) is 5.56 Å². The van der Waals surface area contributed by atoms with Gasteiger partial charge in [-0.1, -0.05) is 12.1 Å². The van der Waals surface area contributed by atoms with Crippen molar-refractivity contribution in [3.8, 4) is 16.9 Å². The van der Waals surface area contributed by atoms with Crippen LogP contribution in [0.2, 0.25) is 0 Å². The van der Waals surface area contributed by atoms with Crippen LogP contribution in [0.4, 0.5) is 4.39 Å². The molecular weight excluding hydrogens is 211 g/mol. The van der Waals surface area contributed by atoms with E-state index in [2.05, 4.69) is 10.2 Å². The quantitative estimate of drug-likeness (QED) is 0.836. The van der Waals surface area contributed by atoms with Gasteiger partial charge in [0.05, 0.1) is 13.3 Å². The zero-order valence-corrected chi connectivity index (χ0v) is 8.53. The van der Waals surface area contributed by atoms with Crippen molar-refractivity contribution in [1.82, 2.24) is 10.2 Å². The smallest absolute Gasteiger partial charge is 0.264 e. The van der Waals surface area contributed by atoms with E-state index in [0.29, 0.717) is 5.56 Å². The van der Waals surface area contributed by atoms with Crippen LogP contribution in [-0.4, -0.2) is 17.3 Å². The zero-order valence-electron chi connectivity index (χ0n) is 8.53. The first-order valence-electron chi connectivity index (χ1n) is 4.60. The molecule has 0 radical (unpaired) electrons. The Morgan fingerprint density at radius 2 is 2.25 bits per heavy atom. The second-order valence-electron chi connectivity index (χ2n) is 3.16. The highest BCUT2D eigenvalue weighted by atomic mass is 19.1. The molecule has 5 heteroatoms. The average molecular weight is 220 g/mol. The molecule has 2 rings (SSSR count). The second kappa shape index (κ2) is 4.14. The Morgan fingerprint density at radius 3 is 2.94 bits per heavy atom. The minimum atomic E-state index is -0.502. The second-order valence-corrected chi connectivity index (χ2v) is 3.16. The lowest BCUT2D eigenvalue weighted by atomic mass is 10.1. The molecule has 0 atom stereocenters. The number of ether oxygens (including phenoxy) is 1. The molecule has 0 aliphatic rings. The number of halogens is 1. The third-order valence-corrected chi connectivity index (χ3v) is 2.16. The summed E-state index contributed by atoms with van der Waals surface area (Å²) in [6.07, 6.45) is 1.39. The van der Waals surface area contributed by atoms with Crippen molar-refractivity contribution in [3.05, 3.63) is 46.6 Å². The summed E-state index contributed by atoms with van der Waals surface area (Å²) in [4.78, 5) is 11.1. The maximum absolute atomic E-state index is 13.8. The Hall–Kier alpha value is -2.17. The van der Waals surface area contributed by atoms with Crippen LogP contribution in [-0.2, 0) is 0 Å². The lowest BCUT2D eigenvalue weighted by Crippen LogP contribution is -2.06. The van der Waals surface area contributed by atoms with E-state index in [4.69, 9.17) is 4.74 Å². The molecule has 0 unspecified atom stereocenters. The minimum absolute atomic E-state index is 0.137. The number of aromatic amines is 1. The standard InChI is InChI=1S/C11H9FN2O2/c1-16-9-4-2-3-8(11(9)12)7-5-10(15)14-13-6-7/h2-6H,1H3,(H,14,15). The molecule has 2 aromatic rings. The number of hydrogen-bond acceptors (Lipinski definition) is 3. The van der Waals surface area contributed by atoms with Crippen molar-refractivity contribution in [2.45, 2.75) is 0 Å². The molecule has 0 amide bonds. The van der Waals surface area contributed by atoms with E-state index in [0.717, 1.165) is 0 Å². The molecule has 16 heavy (non-hydrogen) atoms. The number of nitrogens with one attached hydrogen (secondary N) is 1. The number of benzene rings is 1. The van der Waals surface area contributed by atoms with Crippen LogP contribution in [0, 0.1) is 5.82 Å². The van der Waals surface area contributed by atoms with Crippen molar-refractivity contribution in [2.75, 3.05) is 7.11 Å². The molecule has 82 valence electrons. The van der Waals surface area contributed by atoms with Gasteiger partial charge in [0.2, 0.25) is 0 Å². The minimum Gasteiger partial charge on any atom is -0.494 e. The molecule has 0 aliphatic carbocycles. The van der Waals surface area contributed by atoms with Crippen molar-refractivity contribution >= 4 is 0 Å². The molecule has 0 spiro atoms. The van der Waals surface area contributed by atoms with Gasteiger partial charge in [-0.25, -0.2) is 9.49 Å². The zero-order chi connectivity index (χ0) is 11.5. The van der Waals surface area contributed by atoms with Crippen LogP contribution >= 0.6 is 0 Å². The molecule has 1 aromatic carbocycles. The molecule has 0 saturated heterocycles. The fourth-order valence-electron chi connectivity index (χ4n) is 1.41. The van der Waals surface area contributed by atoms with Gasteiger partial charge in [-0.2, -0.15) is 5.10 Å². The highest BCUT2D eigenvalue weighted by Gasteiger charge is 2.10. The summed E-state index contributed by atoms with van der Waals surface area (Å²) in [7, 11) is 1.39. The van der Waals surface area contributed by atoms with Crippen LogP contribution in [0.25, 0.3) is 11.1 Å². The van der Waals surface area contributed by atoms with E-state index in [9.17, 15) is 9.18 Å². The summed E-state index contributed by atoms with van der Waals surface area (Å²) in [6.45, 7) is 0. The van der Waals surface area contributed by atoms with Crippen LogP contribution in [0.1, 0.15) is 0 Å². The van der Waals surface area contributed by atoms with E-state index in [1.165, 1.54) is 25.4 Å². The Kier molecular flexibility index (Phi) is 2.68. The van der Waals surface area contributed by atoms with Gasteiger partial charge >= 0.3 is 0 Å². The van der Waals surface area contributed by atoms with Gasteiger partial charge in [0.1, 0.15) is 0 Å². The number of aromatic nitrogens is 2. The summed E-state index contributed by atoms with van der Waals surface area (Å²) in [5, 5.41) is 5.84. The Morgan fingerprint density at radius 1 is 1.44 bits per heavy atom. The molecule has 1 heterocycles. The van der Waals surface area contributed by atoms with Gasteiger partial charge in [0, 0.05) is 17.2 Å². The van der Waals surface area contributed by atoms with Gasteiger partial charge in [-0.05, 0) is 6.07 Å². The van der Waals surface area contributed by atoms with Crippen LogP contribution in [0.5, 0.6) is 5.75 Å². The number of rotatable bonds is 2. The van der Waals surface area contributed by atoms with Gasteiger partial charge < -0.3 is 4.74 Å². The molecule has 0 bridgehead atoms. The summed E-state index contributed by atoms with van der Waals surface area (Å²) in [5.74, 6) is -0.366. The number of H-pyrrole nitrogens is 1. The first-order chi connectivity index (χ1) is 7.72. The first-order valence-corrected chi connectivity index (χ1v) is 4.60. The molecular formula is C11H9FN2O2. The van der Waals surface area contributed by atoms with E-state index < -0.39 is 5.82 Å². The van der Waals surface area contributed by atoms with Crippen molar-refractivity contribution in [1.29, 1.82) is 0 Å². The van der Waals surface area contributed by atoms with Crippen LogP contribution in [0.15, 0.2) is 35.3 Å². The lowest BCUT2D eigenvalue weighted by molar-refractivity contribution is 0.387. The predicted octanol–water partition coefficient (Wildman–Crippen LogP) is 1.58. The van der Waals surface area contributed by atoms with Gasteiger partial charge in [-0.3, -0.25) is 4.79 Å². The number of methoxy groups -OCH3 is 1. The Balaban J connectivity index is 2.60. The summed E-state index contributed by atoms with van der Waals surface area (Å²) < 4.78 is 18.7. The Labute approximate surface area is 90.7 Å². The van der Waals surface area contributed by atoms with Gasteiger partial charge in [-0.15, -0.1) is 0 Å². The van der Waals surface area contributed by atoms with Gasteiger partial charge in [0.15, 0.2) is 11.6 Å². The molecule has 1 aromatic heterocycles. The lowest BCUT2D eigenvalue weighted by Gasteiger charge is -2.06. The van der Waals surface area contributed by atoms with E-state index in [1.807, 2.05) is 0 Å². The predicted molar refractivity (Wildman–Crippen MR) is 56.8 cm³/mol.